The van der Waals surface area contributed by atoms with Gasteiger partial charge in [0.05, 0.1) is 14.2 Å². The van der Waals surface area contributed by atoms with Gasteiger partial charge in [-0.05, 0) is 29.8 Å². The summed E-state index contributed by atoms with van der Waals surface area (Å²) in [7, 11) is 3.24. The zero-order chi connectivity index (χ0) is 23.5. The molecule has 0 spiro atoms. The predicted octanol–water partition coefficient (Wildman–Crippen LogP) is 4.27. The molecule has 0 saturated carbocycles. The quantitative estimate of drug-likeness (QED) is 0.432. The fourth-order valence-corrected chi connectivity index (χ4v) is 4.42. The van der Waals surface area contributed by atoms with Crippen LogP contribution in [0.1, 0.15) is 17.0 Å². The summed E-state index contributed by atoms with van der Waals surface area (Å²) in [5.74, 6) is 2.06. The first-order chi connectivity index (χ1) is 16.7. The number of H-pyrrole nitrogens is 1. The van der Waals surface area contributed by atoms with Crippen LogP contribution in [0.25, 0.3) is 10.9 Å². The molecule has 2 atom stereocenters. The van der Waals surface area contributed by atoms with Crippen LogP contribution < -0.4 is 24.3 Å². The molecule has 2 N–H and O–H groups in total. The van der Waals surface area contributed by atoms with Crippen LogP contribution in [-0.2, 0) is 4.79 Å². The third-order valence-corrected chi connectivity index (χ3v) is 6.09. The fourth-order valence-electron chi connectivity index (χ4n) is 4.42. The van der Waals surface area contributed by atoms with Crippen LogP contribution in [0.3, 0.4) is 0 Å². The highest BCUT2D eigenvalue weighted by Gasteiger charge is 2.29. The van der Waals surface area contributed by atoms with E-state index in [0.717, 1.165) is 22.0 Å². The number of amides is 1. The minimum Gasteiger partial charge on any atom is -0.493 e. The van der Waals surface area contributed by atoms with Crippen LogP contribution in [0.5, 0.6) is 23.0 Å². The topological polar surface area (TPSA) is 81.8 Å². The SMILES string of the molecule is COc1cccc(C(CNC(=O)C2COc3ccccc3O2)c2c[nH]c3ccccc23)c1OC. The molecule has 5 rings (SSSR count). The molecule has 1 aliphatic heterocycles. The number of hydrogen-bond donors (Lipinski definition) is 2. The molecule has 2 heterocycles. The molecule has 0 fully saturated rings. The maximum Gasteiger partial charge on any atom is 0.264 e. The molecule has 4 aromatic rings. The lowest BCUT2D eigenvalue weighted by Gasteiger charge is -2.27. The Balaban J connectivity index is 1.45. The molecule has 2 unspecified atom stereocenters. The average Bonchev–Trinajstić information content (AvgIpc) is 3.32. The normalized spacial score (nSPS) is 15.5. The van der Waals surface area contributed by atoms with Gasteiger partial charge in [-0.3, -0.25) is 4.79 Å². The van der Waals surface area contributed by atoms with E-state index < -0.39 is 6.10 Å². The maximum atomic E-state index is 13.1. The summed E-state index contributed by atoms with van der Waals surface area (Å²) in [4.78, 5) is 16.4. The number of hydrogen-bond acceptors (Lipinski definition) is 5. The number of methoxy groups -OCH3 is 2. The minimum atomic E-state index is -0.731. The lowest BCUT2D eigenvalue weighted by atomic mass is 9.89. The van der Waals surface area contributed by atoms with E-state index in [9.17, 15) is 4.79 Å². The molecule has 1 aliphatic rings. The first-order valence-electron chi connectivity index (χ1n) is 11.1. The van der Waals surface area contributed by atoms with Crippen molar-refractivity contribution in [3.05, 3.63) is 84.1 Å². The van der Waals surface area contributed by atoms with E-state index in [2.05, 4.69) is 16.4 Å². The lowest BCUT2D eigenvalue weighted by molar-refractivity contribution is -0.130. The minimum absolute atomic E-state index is 0.156. The monoisotopic (exact) mass is 458 g/mol. The number of carbonyl (C=O) groups excluding carboxylic acids is 1. The Morgan fingerprint density at radius 1 is 1.00 bits per heavy atom. The molecule has 1 amide bonds. The predicted molar refractivity (Wildman–Crippen MR) is 129 cm³/mol. The molecule has 7 nitrogen and oxygen atoms in total. The molecule has 7 heteroatoms. The van der Waals surface area contributed by atoms with E-state index in [1.807, 2.05) is 60.8 Å². The van der Waals surface area contributed by atoms with E-state index in [1.165, 1.54) is 0 Å². The average molecular weight is 459 g/mol. The maximum absolute atomic E-state index is 13.1. The van der Waals surface area contributed by atoms with Gasteiger partial charge in [-0.2, -0.15) is 0 Å². The second-order valence-electron chi connectivity index (χ2n) is 8.03. The van der Waals surface area contributed by atoms with Crippen LogP contribution in [-0.4, -0.2) is 44.4 Å². The van der Waals surface area contributed by atoms with E-state index in [-0.39, 0.29) is 18.4 Å². The number of ether oxygens (including phenoxy) is 4. The van der Waals surface area contributed by atoms with Gasteiger partial charge >= 0.3 is 0 Å². The molecule has 0 radical (unpaired) electrons. The van der Waals surface area contributed by atoms with Gasteiger partial charge in [-0.1, -0.05) is 42.5 Å². The molecular formula is C27H26N2O5. The van der Waals surface area contributed by atoms with Crippen LogP contribution in [0, 0.1) is 0 Å². The van der Waals surface area contributed by atoms with Gasteiger partial charge in [0.1, 0.15) is 6.61 Å². The number of aromatic amines is 1. The van der Waals surface area contributed by atoms with E-state index >= 15 is 0 Å². The summed E-state index contributed by atoms with van der Waals surface area (Å²) in [5, 5.41) is 4.15. The van der Waals surface area contributed by atoms with Crippen molar-refractivity contribution in [1.82, 2.24) is 10.3 Å². The van der Waals surface area contributed by atoms with Crippen LogP contribution in [0.15, 0.2) is 72.9 Å². The first-order valence-corrected chi connectivity index (χ1v) is 11.1. The van der Waals surface area contributed by atoms with Crippen molar-refractivity contribution in [1.29, 1.82) is 0 Å². The van der Waals surface area contributed by atoms with Gasteiger partial charge in [0.15, 0.2) is 23.0 Å². The van der Waals surface area contributed by atoms with Gasteiger partial charge < -0.3 is 29.2 Å². The Morgan fingerprint density at radius 3 is 2.62 bits per heavy atom. The van der Waals surface area contributed by atoms with Crippen LogP contribution >= 0.6 is 0 Å². The number of aromatic nitrogens is 1. The third kappa shape index (κ3) is 4.01. The highest BCUT2D eigenvalue weighted by molar-refractivity contribution is 5.85. The van der Waals surface area contributed by atoms with Crippen molar-refractivity contribution in [2.45, 2.75) is 12.0 Å². The zero-order valence-corrected chi connectivity index (χ0v) is 19.0. The summed E-state index contributed by atoms with van der Waals surface area (Å²) in [5.41, 5.74) is 2.99. The highest BCUT2D eigenvalue weighted by Crippen LogP contribution is 2.40. The Labute approximate surface area is 197 Å². The Morgan fingerprint density at radius 2 is 1.79 bits per heavy atom. The number of benzene rings is 3. The van der Waals surface area contributed by atoms with Gasteiger partial charge in [0.25, 0.3) is 5.91 Å². The van der Waals surface area contributed by atoms with Crippen molar-refractivity contribution < 1.29 is 23.7 Å². The van der Waals surface area contributed by atoms with Gasteiger partial charge in [-0.25, -0.2) is 0 Å². The third-order valence-electron chi connectivity index (χ3n) is 6.09. The van der Waals surface area contributed by atoms with E-state index in [1.54, 1.807) is 20.3 Å². The second kappa shape index (κ2) is 9.39. The number of nitrogens with one attached hydrogen (secondary N) is 2. The molecule has 0 bridgehead atoms. The van der Waals surface area contributed by atoms with Crippen molar-refractivity contribution in [3.8, 4) is 23.0 Å². The summed E-state index contributed by atoms with van der Waals surface area (Å²) in [6.07, 6.45) is 1.25. The van der Waals surface area contributed by atoms with Crippen molar-refractivity contribution in [2.24, 2.45) is 0 Å². The smallest absolute Gasteiger partial charge is 0.264 e. The number of carbonyl (C=O) groups is 1. The Kier molecular flexibility index (Phi) is 5.99. The molecule has 3 aromatic carbocycles. The van der Waals surface area contributed by atoms with Crippen LogP contribution in [0.4, 0.5) is 0 Å². The Bertz CT molecular complexity index is 1320. The molecule has 0 aliphatic carbocycles. The van der Waals surface area contributed by atoms with Gasteiger partial charge in [0, 0.05) is 35.1 Å². The van der Waals surface area contributed by atoms with Crippen molar-refractivity contribution in [2.75, 3.05) is 27.4 Å². The van der Waals surface area contributed by atoms with Gasteiger partial charge in [-0.15, -0.1) is 0 Å². The lowest BCUT2D eigenvalue weighted by Crippen LogP contribution is -2.45. The molecule has 0 saturated heterocycles. The second-order valence-corrected chi connectivity index (χ2v) is 8.03. The Hall–Kier alpha value is -4.13. The highest BCUT2D eigenvalue weighted by atomic mass is 16.6. The van der Waals surface area contributed by atoms with Crippen molar-refractivity contribution >= 4 is 16.8 Å². The molecular weight excluding hydrogens is 432 g/mol. The number of fused-ring (bicyclic) bond motifs is 2. The largest absolute Gasteiger partial charge is 0.493 e. The van der Waals surface area contributed by atoms with Gasteiger partial charge in [0.2, 0.25) is 6.10 Å². The summed E-state index contributed by atoms with van der Waals surface area (Å²) < 4.78 is 22.9. The van der Waals surface area contributed by atoms with E-state index in [4.69, 9.17) is 18.9 Å². The standard InChI is InChI=1S/C27H26N2O5/c1-31-24-13-7-9-18(26(24)32-2)20(19-14-28-21-10-4-3-8-17(19)21)15-29-27(30)25-16-33-22-11-5-6-12-23(22)34-25/h3-14,20,25,28H,15-16H2,1-2H3,(H,29,30). The first kappa shape index (κ1) is 21.7. The zero-order valence-electron chi connectivity index (χ0n) is 19.0. The van der Waals surface area contributed by atoms with Crippen LogP contribution in [0.2, 0.25) is 0 Å². The van der Waals surface area contributed by atoms with Crippen molar-refractivity contribution in [3.63, 3.8) is 0 Å². The molecule has 1 aromatic heterocycles. The summed E-state index contributed by atoms with van der Waals surface area (Å²) in [6.45, 7) is 0.495. The number of rotatable bonds is 7. The fraction of sp³-hybridized carbons (Fsp3) is 0.222. The number of para-hydroxylation sites is 4. The molecule has 34 heavy (non-hydrogen) atoms. The summed E-state index contributed by atoms with van der Waals surface area (Å²) in [6, 6.07) is 21.2. The summed E-state index contributed by atoms with van der Waals surface area (Å²) >= 11 is 0. The molecule has 174 valence electrons. The van der Waals surface area contributed by atoms with E-state index in [0.29, 0.717) is 29.5 Å².